The lowest BCUT2D eigenvalue weighted by Crippen LogP contribution is -2.06. The Morgan fingerprint density at radius 3 is 2.62 bits per heavy atom. The fourth-order valence-electron chi connectivity index (χ4n) is 2.14. The van der Waals surface area contributed by atoms with Gasteiger partial charge in [0, 0.05) is 6.54 Å². The van der Waals surface area contributed by atoms with Crippen molar-refractivity contribution in [2.24, 2.45) is 0 Å². The topological polar surface area (TPSA) is 37.8 Å². The summed E-state index contributed by atoms with van der Waals surface area (Å²) >= 11 is 5.72. The van der Waals surface area contributed by atoms with E-state index in [9.17, 15) is 8.78 Å². The number of hydrogen-bond acceptors (Lipinski definition) is 3. The monoisotopic (exact) mass is 305 g/mol. The van der Waals surface area contributed by atoms with Gasteiger partial charge in [-0.3, -0.25) is 0 Å². The third-order valence-electron chi connectivity index (χ3n) is 3.11. The van der Waals surface area contributed by atoms with Crippen LogP contribution in [0.1, 0.15) is 5.56 Å². The van der Waals surface area contributed by atoms with Crippen molar-refractivity contribution in [2.45, 2.75) is 6.54 Å². The number of nitrogens with one attached hydrogen (secondary N) is 1. The van der Waals surface area contributed by atoms with E-state index in [0.29, 0.717) is 6.54 Å². The maximum absolute atomic E-state index is 13.3. The molecule has 0 aliphatic rings. The van der Waals surface area contributed by atoms with E-state index in [1.165, 1.54) is 0 Å². The van der Waals surface area contributed by atoms with E-state index < -0.39 is 12.0 Å². The number of rotatable bonds is 3. The van der Waals surface area contributed by atoms with Gasteiger partial charge in [0.25, 0.3) is 0 Å². The van der Waals surface area contributed by atoms with Crippen LogP contribution in [0.15, 0.2) is 42.5 Å². The first-order chi connectivity index (χ1) is 10.1. The van der Waals surface area contributed by atoms with Gasteiger partial charge in [0.2, 0.25) is 5.95 Å². The molecule has 0 saturated carbocycles. The Kier molecular flexibility index (Phi) is 3.66. The Morgan fingerprint density at radius 2 is 1.76 bits per heavy atom. The van der Waals surface area contributed by atoms with Gasteiger partial charge in [-0.2, -0.15) is 18.7 Å². The molecule has 1 aromatic heterocycles. The number of aromatic nitrogens is 2. The van der Waals surface area contributed by atoms with Gasteiger partial charge in [0.15, 0.2) is 5.82 Å². The van der Waals surface area contributed by atoms with Crippen LogP contribution >= 0.6 is 11.6 Å². The van der Waals surface area contributed by atoms with Gasteiger partial charge in [-0.15, -0.1) is 0 Å². The van der Waals surface area contributed by atoms with Crippen LogP contribution in [0.2, 0.25) is 5.02 Å². The molecule has 21 heavy (non-hydrogen) atoms. The highest BCUT2D eigenvalue weighted by atomic mass is 35.5. The SMILES string of the molecule is Fc1nc(F)c(Cl)c(NCc2cccc3ccccc23)n1. The van der Waals surface area contributed by atoms with E-state index >= 15 is 0 Å². The average Bonchev–Trinajstić information content (AvgIpc) is 2.49. The molecule has 0 fully saturated rings. The molecule has 3 nitrogen and oxygen atoms in total. The lowest BCUT2D eigenvalue weighted by atomic mass is 10.0. The van der Waals surface area contributed by atoms with Crippen molar-refractivity contribution in [1.29, 1.82) is 0 Å². The summed E-state index contributed by atoms with van der Waals surface area (Å²) in [6.45, 7) is 0.344. The molecule has 0 aliphatic heterocycles. The minimum absolute atomic E-state index is 0.0606. The van der Waals surface area contributed by atoms with Gasteiger partial charge in [-0.1, -0.05) is 54.1 Å². The summed E-state index contributed by atoms with van der Waals surface area (Å²) in [7, 11) is 0. The maximum atomic E-state index is 13.3. The van der Waals surface area contributed by atoms with Crippen molar-refractivity contribution in [3.05, 3.63) is 65.1 Å². The lowest BCUT2D eigenvalue weighted by molar-refractivity contribution is 0.484. The van der Waals surface area contributed by atoms with Crippen LogP contribution in [0.3, 0.4) is 0 Å². The smallest absolute Gasteiger partial charge is 0.313 e. The standard InChI is InChI=1S/C15H10ClF2N3/c16-12-13(17)20-15(18)21-14(12)19-8-10-6-3-5-9-4-1-2-7-11(9)10/h1-7H,8H2,(H,19,20,21). The van der Waals surface area contributed by atoms with Crippen LogP contribution < -0.4 is 5.32 Å². The summed E-state index contributed by atoms with van der Waals surface area (Å²) in [6.07, 6.45) is -1.16. The van der Waals surface area contributed by atoms with Crippen molar-refractivity contribution >= 4 is 28.2 Å². The number of benzene rings is 2. The van der Waals surface area contributed by atoms with Crippen molar-refractivity contribution < 1.29 is 8.78 Å². The summed E-state index contributed by atoms with van der Waals surface area (Å²) in [5.74, 6) is -1.14. The van der Waals surface area contributed by atoms with Crippen molar-refractivity contribution in [2.75, 3.05) is 5.32 Å². The van der Waals surface area contributed by atoms with E-state index in [4.69, 9.17) is 11.6 Å². The lowest BCUT2D eigenvalue weighted by Gasteiger charge is -2.10. The summed E-state index contributed by atoms with van der Waals surface area (Å²) in [4.78, 5) is 6.39. The van der Waals surface area contributed by atoms with Crippen LogP contribution in [0.25, 0.3) is 10.8 Å². The van der Waals surface area contributed by atoms with Crippen molar-refractivity contribution in [3.8, 4) is 0 Å². The molecule has 0 spiro atoms. The highest BCUT2D eigenvalue weighted by Gasteiger charge is 2.12. The minimum atomic E-state index is -1.16. The number of hydrogen-bond donors (Lipinski definition) is 1. The zero-order chi connectivity index (χ0) is 14.8. The van der Waals surface area contributed by atoms with Gasteiger partial charge in [0.1, 0.15) is 5.02 Å². The third kappa shape index (κ3) is 2.78. The fourth-order valence-corrected chi connectivity index (χ4v) is 2.29. The van der Waals surface area contributed by atoms with Gasteiger partial charge in [0.05, 0.1) is 0 Å². The first-order valence-electron chi connectivity index (χ1n) is 6.24. The minimum Gasteiger partial charge on any atom is -0.364 e. The zero-order valence-electron chi connectivity index (χ0n) is 10.8. The number of nitrogens with zero attached hydrogens (tertiary/aromatic N) is 2. The van der Waals surface area contributed by atoms with Crippen LogP contribution in [0, 0.1) is 12.0 Å². The van der Waals surface area contributed by atoms with E-state index in [0.717, 1.165) is 16.3 Å². The molecule has 3 rings (SSSR count). The molecule has 1 heterocycles. The molecule has 1 N–H and O–H groups in total. The zero-order valence-corrected chi connectivity index (χ0v) is 11.5. The number of halogens is 3. The van der Waals surface area contributed by atoms with E-state index in [2.05, 4.69) is 15.3 Å². The quantitative estimate of drug-likeness (QED) is 0.583. The van der Waals surface area contributed by atoms with Crippen LogP contribution in [-0.2, 0) is 6.54 Å². The van der Waals surface area contributed by atoms with Gasteiger partial charge in [-0.05, 0) is 16.3 Å². The summed E-state index contributed by atoms with van der Waals surface area (Å²) in [5, 5.41) is 4.66. The van der Waals surface area contributed by atoms with Crippen molar-refractivity contribution in [3.63, 3.8) is 0 Å². The second kappa shape index (κ2) is 5.61. The molecule has 2 aromatic carbocycles. The Bertz CT molecular complexity index is 803. The summed E-state index contributed by atoms with van der Waals surface area (Å²) in [5.41, 5.74) is 0.976. The van der Waals surface area contributed by atoms with E-state index in [-0.39, 0.29) is 10.8 Å². The van der Waals surface area contributed by atoms with Gasteiger partial charge >= 0.3 is 6.08 Å². The Balaban J connectivity index is 1.91. The fraction of sp³-hybridized carbons (Fsp3) is 0.0667. The molecule has 0 radical (unpaired) electrons. The maximum Gasteiger partial charge on any atom is 0.313 e. The van der Waals surface area contributed by atoms with Crippen LogP contribution in [0.5, 0.6) is 0 Å². The molecule has 0 saturated heterocycles. The highest BCUT2D eigenvalue weighted by molar-refractivity contribution is 6.32. The van der Waals surface area contributed by atoms with E-state index in [1.807, 2.05) is 42.5 Å². The molecule has 106 valence electrons. The first kappa shape index (κ1) is 13.7. The average molecular weight is 306 g/mol. The Hall–Kier alpha value is -2.27. The summed E-state index contributed by atoms with van der Waals surface area (Å²) < 4.78 is 26.3. The van der Waals surface area contributed by atoms with Crippen LogP contribution in [0.4, 0.5) is 14.6 Å². The predicted octanol–water partition coefficient (Wildman–Crippen LogP) is 4.17. The second-order valence-electron chi connectivity index (χ2n) is 4.44. The van der Waals surface area contributed by atoms with Crippen LogP contribution in [-0.4, -0.2) is 9.97 Å². The van der Waals surface area contributed by atoms with Crippen molar-refractivity contribution in [1.82, 2.24) is 9.97 Å². The number of fused-ring (bicyclic) bond motifs is 1. The van der Waals surface area contributed by atoms with E-state index in [1.54, 1.807) is 0 Å². The molecule has 0 atom stereocenters. The predicted molar refractivity (Wildman–Crippen MR) is 78.2 cm³/mol. The molecule has 0 bridgehead atoms. The molecule has 0 unspecified atom stereocenters. The molecule has 0 aliphatic carbocycles. The number of anilines is 1. The van der Waals surface area contributed by atoms with Gasteiger partial charge < -0.3 is 5.32 Å². The normalized spacial score (nSPS) is 10.8. The molecule has 3 aromatic rings. The largest absolute Gasteiger partial charge is 0.364 e. The molecular formula is C15H10ClF2N3. The second-order valence-corrected chi connectivity index (χ2v) is 4.82. The molecular weight excluding hydrogens is 296 g/mol. The summed E-state index contributed by atoms with van der Waals surface area (Å²) in [6, 6.07) is 13.7. The molecule has 6 heteroatoms. The van der Waals surface area contributed by atoms with Gasteiger partial charge in [-0.25, -0.2) is 0 Å². The molecule has 0 amide bonds. The Morgan fingerprint density at radius 1 is 1.00 bits per heavy atom. The Labute approximate surface area is 124 Å². The third-order valence-corrected chi connectivity index (χ3v) is 3.44. The first-order valence-corrected chi connectivity index (χ1v) is 6.62. The highest BCUT2D eigenvalue weighted by Crippen LogP contribution is 2.24.